The highest BCUT2D eigenvalue weighted by Gasteiger charge is 2.37. The van der Waals surface area contributed by atoms with Crippen LogP contribution in [0, 0.1) is 5.92 Å². The summed E-state index contributed by atoms with van der Waals surface area (Å²) in [5, 5.41) is 3.52. The lowest BCUT2D eigenvalue weighted by molar-refractivity contribution is -0.151. The van der Waals surface area contributed by atoms with Gasteiger partial charge in [0.25, 0.3) is 0 Å². The van der Waals surface area contributed by atoms with Gasteiger partial charge >= 0.3 is 5.97 Å². The SMILES string of the molecule is COC(=O)[C@@H](Cc1ccccc1)N1CC(CN=[N+]=[N-])CC1=O. The monoisotopic (exact) mass is 302 g/mol. The second-order valence-electron chi connectivity index (χ2n) is 5.26. The van der Waals surface area contributed by atoms with Crippen LogP contribution in [-0.2, 0) is 20.7 Å². The minimum absolute atomic E-state index is 0.0497. The molecule has 0 aromatic heterocycles. The predicted octanol–water partition coefficient (Wildman–Crippen LogP) is 1.93. The lowest BCUT2D eigenvalue weighted by Gasteiger charge is -2.26. The first-order chi connectivity index (χ1) is 10.7. The van der Waals surface area contributed by atoms with Gasteiger partial charge in [0, 0.05) is 30.8 Å². The first-order valence-corrected chi connectivity index (χ1v) is 7.07. The van der Waals surface area contributed by atoms with Gasteiger partial charge in [0.15, 0.2) is 0 Å². The zero-order valence-electron chi connectivity index (χ0n) is 12.4. The minimum Gasteiger partial charge on any atom is -0.467 e. The number of nitrogens with zero attached hydrogens (tertiary/aromatic N) is 4. The van der Waals surface area contributed by atoms with E-state index in [0.29, 0.717) is 19.4 Å². The Morgan fingerprint density at radius 3 is 2.86 bits per heavy atom. The molecule has 1 aromatic carbocycles. The quantitative estimate of drug-likeness (QED) is 0.347. The lowest BCUT2D eigenvalue weighted by atomic mass is 10.0. The Kier molecular flexibility index (Phi) is 5.38. The van der Waals surface area contributed by atoms with Crippen molar-refractivity contribution in [2.24, 2.45) is 11.0 Å². The van der Waals surface area contributed by atoms with Crippen molar-refractivity contribution >= 4 is 11.9 Å². The molecule has 1 fully saturated rings. The molecule has 1 aliphatic rings. The highest BCUT2D eigenvalue weighted by atomic mass is 16.5. The van der Waals surface area contributed by atoms with Crippen molar-refractivity contribution in [2.45, 2.75) is 18.9 Å². The number of carbonyl (C=O) groups is 2. The summed E-state index contributed by atoms with van der Waals surface area (Å²) in [7, 11) is 1.32. The number of esters is 1. The fourth-order valence-corrected chi connectivity index (χ4v) is 2.68. The third-order valence-electron chi connectivity index (χ3n) is 3.76. The van der Waals surface area contributed by atoms with E-state index >= 15 is 0 Å². The second-order valence-corrected chi connectivity index (χ2v) is 5.26. The van der Waals surface area contributed by atoms with Gasteiger partial charge in [-0.1, -0.05) is 35.4 Å². The van der Waals surface area contributed by atoms with Crippen molar-refractivity contribution in [1.82, 2.24) is 4.90 Å². The van der Waals surface area contributed by atoms with Crippen LogP contribution in [0.2, 0.25) is 0 Å². The summed E-state index contributed by atoms with van der Waals surface area (Å²) in [6.45, 7) is 0.669. The van der Waals surface area contributed by atoms with Crippen LogP contribution >= 0.6 is 0 Å². The van der Waals surface area contributed by atoms with Gasteiger partial charge < -0.3 is 9.64 Å². The standard InChI is InChI=1S/C15H18N4O3/c1-22-15(21)13(7-11-5-3-2-4-6-11)19-10-12(8-14(19)20)9-17-18-16/h2-6,12-13H,7-10H2,1H3/t12?,13-/m1/s1. The fourth-order valence-electron chi connectivity index (χ4n) is 2.68. The van der Waals surface area contributed by atoms with Gasteiger partial charge in [-0.3, -0.25) is 4.79 Å². The molecule has 1 heterocycles. The molecule has 7 nitrogen and oxygen atoms in total. The third kappa shape index (κ3) is 3.77. The Morgan fingerprint density at radius 2 is 2.23 bits per heavy atom. The summed E-state index contributed by atoms with van der Waals surface area (Å²) < 4.78 is 4.85. The van der Waals surface area contributed by atoms with Crippen molar-refractivity contribution in [2.75, 3.05) is 20.2 Å². The molecule has 1 unspecified atom stereocenters. The number of likely N-dealkylation sites (tertiary alicyclic amines) is 1. The molecule has 2 atom stereocenters. The lowest BCUT2D eigenvalue weighted by Crippen LogP contribution is -2.44. The number of hydrogen-bond donors (Lipinski definition) is 0. The number of hydrogen-bond acceptors (Lipinski definition) is 4. The molecule has 2 rings (SSSR count). The van der Waals surface area contributed by atoms with E-state index in [4.69, 9.17) is 10.3 Å². The van der Waals surface area contributed by atoms with Crippen LogP contribution in [0.1, 0.15) is 12.0 Å². The van der Waals surface area contributed by atoms with Gasteiger partial charge in [-0.2, -0.15) is 0 Å². The predicted molar refractivity (Wildman–Crippen MR) is 79.8 cm³/mol. The second kappa shape index (κ2) is 7.47. The number of azide groups is 1. The molecule has 1 amide bonds. The Morgan fingerprint density at radius 1 is 1.50 bits per heavy atom. The number of methoxy groups -OCH3 is 1. The molecule has 1 aromatic rings. The maximum Gasteiger partial charge on any atom is 0.328 e. The van der Waals surface area contributed by atoms with Gasteiger partial charge in [0.1, 0.15) is 6.04 Å². The maximum absolute atomic E-state index is 12.2. The zero-order chi connectivity index (χ0) is 15.9. The maximum atomic E-state index is 12.2. The molecule has 0 radical (unpaired) electrons. The van der Waals surface area contributed by atoms with Gasteiger partial charge in [-0.15, -0.1) is 0 Å². The first kappa shape index (κ1) is 15.9. The summed E-state index contributed by atoms with van der Waals surface area (Å²) in [4.78, 5) is 28.5. The van der Waals surface area contributed by atoms with E-state index in [0.717, 1.165) is 5.56 Å². The van der Waals surface area contributed by atoms with E-state index in [1.165, 1.54) is 12.0 Å². The van der Waals surface area contributed by atoms with E-state index in [2.05, 4.69) is 10.0 Å². The molecule has 0 saturated carbocycles. The molecule has 22 heavy (non-hydrogen) atoms. The molecular formula is C15H18N4O3. The van der Waals surface area contributed by atoms with Crippen LogP contribution in [0.25, 0.3) is 10.4 Å². The van der Waals surface area contributed by atoms with Gasteiger partial charge in [0.2, 0.25) is 5.91 Å². The summed E-state index contributed by atoms with van der Waals surface area (Å²) in [6.07, 6.45) is 0.703. The van der Waals surface area contributed by atoms with E-state index in [9.17, 15) is 9.59 Å². The number of rotatable bonds is 6. The number of ether oxygens (including phenoxy) is 1. The third-order valence-corrected chi connectivity index (χ3v) is 3.76. The molecule has 0 aliphatic carbocycles. The van der Waals surface area contributed by atoms with Gasteiger partial charge in [-0.25, -0.2) is 4.79 Å². The molecule has 0 spiro atoms. The Labute approximate surface area is 128 Å². The molecule has 1 saturated heterocycles. The summed E-state index contributed by atoms with van der Waals surface area (Å²) >= 11 is 0. The largest absolute Gasteiger partial charge is 0.467 e. The van der Waals surface area contributed by atoms with Gasteiger partial charge in [0.05, 0.1) is 7.11 Å². The summed E-state index contributed by atoms with van der Waals surface area (Å²) in [5.41, 5.74) is 9.34. The molecule has 0 bridgehead atoms. The number of carbonyl (C=O) groups excluding carboxylic acids is 2. The fraction of sp³-hybridized carbons (Fsp3) is 0.467. The van der Waals surface area contributed by atoms with E-state index in [-0.39, 0.29) is 18.4 Å². The zero-order valence-corrected chi connectivity index (χ0v) is 12.4. The highest BCUT2D eigenvalue weighted by molar-refractivity contribution is 5.86. The van der Waals surface area contributed by atoms with Crippen LogP contribution in [0.5, 0.6) is 0 Å². The van der Waals surface area contributed by atoms with Crippen molar-refractivity contribution in [3.63, 3.8) is 0 Å². The average molecular weight is 302 g/mol. The topological polar surface area (TPSA) is 95.4 Å². The van der Waals surface area contributed by atoms with E-state index < -0.39 is 12.0 Å². The molecular weight excluding hydrogens is 284 g/mol. The smallest absolute Gasteiger partial charge is 0.328 e. The first-order valence-electron chi connectivity index (χ1n) is 7.07. The van der Waals surface area contributed by atoms with Crippen LogP contribution in [0.3, 0.4) is 0 Å². The minimum atomic E-state index is -0.643. The van der Waals surface area contributed by atoms with Crippen LogP contribution in [-0.4, -0.2) is 43.0 Å². The van der Waals surface area contributed by atoms with E-state index in [1.54, 1.807) is 0 Å². The highest BCUT2D eigenvalue weighted by Crippen LogP contribution is 2.23. The normalized spacial score (nSPS) is 18.7. The van der Waals surface area contributed by atoms with Crippen molar-refractivity contribution < 1.29 is 14.3 Å². The van der Waals surface area contributed by atoms with Gasteiger partial charge in [-0.05, 0) is 17.0 Å². The van der Waals surface area contributed by atoms with Crippen LogP contribution < -0.4 is 0 Å². The molecule has 116 valence electrons. The number of amides is 1. The Hall–Kier alpha value is -2.53. The number of benzene rings is 1. The van der Waals surface area contributed by atoms with Crippen molar-refractivity contribution in [3.8, 4) is 0 Å². The summed E-state index contributed by atoms with van der Waals surface area (Å²) in [6, 6.07) is 8.85. The molecule has 0 N–H and O–H groups in total. The van der Waals surface area contributed by atoms with Crippen molar-refractivity contribution in [3.05, 3.63) is 46.3 Å². The Balaban J connectivity index is 2.13. The average Bonchev–Trinajstić information content (AvgIpc) is 2.91. The van der Waals surface area contributed by atoms with Crippen LogP contribution in [0.4, 0.5) is 0 Å². The summed E-state index contributed by atoms with van der Waals surface area (Å²) in [5.74, 6) is -0.586. The molecule has 1 aliphatic heterocycles. The molecule has 7 heteroatoms. The van der Waals surface area contributed by atoms with E-state index in [1.807, 2.05) is 30.3 Å². The Bertz CT molecular complexity index is 584. The van der Waals surface area contributed by atoms with Crippen molar-refractivity contribution in [1.29, 1.82) is 0 Å². The van der Waals surface area contributed by atoms with Crippen LogP contribution in [0.15, 0.2) is 35.4 Å².